The van der Waals surface area contributed by atoms with Crippen LogP contribution < -0.4 is 10.7 Å². The van der Waals surface area contributed by atoms with Crippen molar-refractivity contribution in [3.05, 3.63) is 68.9 Å². The van der Waals surface area contributed by atoms with Crippen LogP contribution in [0.2, 0.25) is 18.1 Å². The highest BCUT2D eigenvalue weighted by atomic mass is 28.4. The minimum Gasteiger partial charge on any atom is -0.462 e. The number of nitrogens with one attached hydrogen (secondary N) is 1. The lowest BCUT2D eigenvalue weighted by Crippen LogP contribution is -2.42. The van der Waals surface area contributed by atoms with Crippen molar-refractivity contribution >= 4 is 31.0 Å². The average Bonchev–Trinajstić information content (AvgIpc) is 2.84. The second-order valence-corrected chi connectivity index (χ2v) is 16.9. The highest BCUT2D eigenvalue weighted by Crippen LogP contribution is 2.38. The van der Waals surface area contributed by atoms with E-state index in [0.29, 0.717) is 35.6 Å². The van der Waals surface area contributed by atoms with Crippen LogP contribution >= 0.6 is 0 Å². The standard InChI is InChI=1S/C30H40F3N3O4Si/c1-10-39-29(38)22-15-36(25(17(2)3)16-40-41(8,9)30(5,6)7)28-21(27(22)37)11-19(18(4)35-28)14-34-26-23(32)12-20(31)13-24(26)33/h11-13,15,17,25,34H,10,14,16H2,1-9H3/t25-/m1/s1. The molecule has 41 heavy (non-hydrogen) atoms. The number of ether oxygens (including phenoxy) is 1. The van der Waals surface area contributed by atoms with Crippen molar-refractivity contribution in [3.8, 4) is 0 Å². The van der Waals surface area contributed by atoms with E-state index in [2.05, 4.69) is 39.2 Å². The molecule has 224 valence electrons. The fourth-order valence-electron chi connectivity index (χ4n) is 4.19. The number of hydrogen-bond donors (Lipinski definition) is 1. The van der Waals surface area contributed by atoms with Crippen LogP contribution in [0.15, 0.2) is 29.2 Å². The average molecular weight is 592 g/mol. The zero-order valence-corrected chi connectivity index (χ0v) is 26.2. The minimum atomic E-state index is -2.13. The van der Waals surface area contributed by atoms with E-state index in [4.69, 9.17) is 14.1 Å². The number of benzene rings is 1. The summed E-state index contributed by atoms with van der Waals surface area (Å²) in [5, 5.41) is 2.79. The maximum Gasteiger partial charge on any atom is 0.343 e. The maximum atomic E-state index is 14.2. The van der Waals surface area contributed by atoms with Gasteiger partial charge in [-0.2, -0.15) is 0 Å². The summed E-state index contributed by atoms with van der Waals surface area (Å²) < 4.78 is 55.3. The Morgan fingerprint density at radius 3 is 2.27 bits per heavy atom. The first-order valence-electron chi connectivity index (χ1n) is 13.7. The van der Waals surface area contributed by atoms with E-state index in [1.807, 2.05) is 18.4 Å². The summed E-state index contributed by atoms with van der Waals surface area (Å²) in [6.07, 6.45) is 1.50. The van der Waals surface area contributed by atoms with Crippen molar-refractivity contribution in [2.45, 2.75) is 79.2 Å². The van der Waals surface area contributed by atoms with Gasteiger partial charge in [0.05, 0.1) is 24.6 Å². The molecule has 0 radical (unpaired) electrons. The molecule has 11 heteroatoms. The number of rotatable bonds is 10. The number of aryl methyl sites for hydroxylation is 1. The van der Waals surface area contributed by atoms with Gasteiger partial charge in [0.2, 0.25) is 5.43 Å². The van der Waals surface area contributed by atoms with Gasteiger partial charge in [-0.05, 0) is 49.5 Å². The molecule has 0 bridgehead atoms. The molecule has 0 amide bonds. The molecule has 0 aliphatic rings. The van der Waals surface area contributed by atoms with Crippen LogP contribution in [0.1, 0.15) is 69.2 Å². The van der Waals surface area contributed by atoms with Crippen molar-refractivity contribution in [2.75, 3.05) is 18.5 Å². The molecular weight excluding hydrogens is 551 g/mol. The summed E-state index contributed by atoms with van der Waals surface area (Å²) in [7, 11) is -2.13. The third kappa shape index (κ3) is 7.01. The molecule has 2 aromatic heterocycles. The number of nitrogens with zero attached hydrogens (tertiary/aromatic N) is 2. The number of esters is 1. The number of fused-ring (bicyclic) bond motifs is 1. The van der Waals surface area contributed by atoms with Crippen molar-refractivity contribution in [3.63, 3.8) is 0 Å². The van der Waals surface area contributed by atoms with E-state index in [0.717, 1.165) is 0 Å². The zero-order valence-electron chi connectivity index (χ0n) is 25.2. The summed E-state index contributed by atoms with van der Waals surface area (Å²) in [5.74, 6) is -3.90. The van der Waals surface area contributed by atoms with Gasteiger partial charge in [-0.25, -0.2) is 22.9 Å². The molecule has 0 aliphatic carbocycles. The SMILES string of the molecule is CCOC(=O)c1cn([C@H](CO[Si](C)(C)C(C)(C)C)C(C)C)c2nc(C)c(CNc3c(F)cc(F)cc3F)cc2c1=O. The van der Waals surface area contributed by atoms with Crippen molar-refractivity contribution < 1.29 is 27.1 Å². The lowest BCUT2D eigenvalue weighted by atomic mass is 10.0. The summed E-state index contributed by atoms with van der Waals surface area (Å²) in [5.41, 5.74) is 0.154. The normalized spacial score (nSPS) is 13.1. The van der Waals surface area contributed by atoms with Gasteiger partial charge in [-0.15, -0.1) is 0 Å². The monoisotopic (exact) mass is 591 g/mol. The summed E-state index contributed by atoms with van der Waals surface area (Å²) >= 11 is 0. The van der Waals surface area contributed by atoms with Crippen LogP contribution in [0.4, 0.5) is 18.9 Å². The second kappa shape index (κ2) is 12.4. The number of anilines is 1. The Morgan fingerprint density at radius 1 is 1.12 bits per heavy atom. The minimum absolute atomic E-state index is 0.0174. The molecule has 1 N–H and O–H groups in total. The topological polar surface area (TPSA) is 82.4 Å². The molecule has 0 saturated carbocycles. The Bertz CT molecular complexity index is 1480. The highest BCUT2D eigenvalue weighted by Gasteiger charge is 2.38. The number of carbonyl (C=O) groups is 1. The van der Waals surface area contributed by atoms with E-state index in [1.54, 1.807) is 19.9 Å². The molecule has 0 fully saturated rings. The summed E-state index contributed by atoms with van der Waals surface area (Å²) in [4.78, 5) is 31.2. The number of hydrogen-bond acceptors (Lipinski definition) is 6. The predicted octanol–water partition coefficient (Wildman–Crippen LogP) is 7.13. The number of carbonyl (C=O) groups excluding carboxylic acids is 1. The van der Waals surface area contributed by atoms with Gasteiger partial charge in [-0.3, -0.25) is 4.79 Å². The molecule has 0 unspecified atom stereocenters. The maximum absolute atomic E-state index is 14.2. The van der Waals surface area contributed by atoms with Gasteiger partial charge in [0, 0.05) is 30.6 Å². The Balaban J connectivity index is 2.16. The first-order valence-corrected chi connectivity index (χ1v) is 16.6. The molecule has 1 atom stereocenters. The number of halogens is 3. The van der Waals surface area contributed by atoms with Gasteiger partial charge in [0.1, 0.15) is 22.7 Å². The molecule has 7 nitrogen and oxygen atoms in total. The Hall–Kier alpha value is -3.18. The molecule has 3 rings (SSSR count). The fraction of sp³-hybridized carbons (Fsp3) is 0.500. The van der Waals surface area contributed by atoms with Gasteiger partial charge < -0.3 is 19.0 Å². The Morgan fingerprint density at radius 2 is 1.73 bits per heavy atom. The molecule has 0 saturated heterocycles. The van der Waals surface area contributed by atoms with Crippen LogP contribution in [0.3, 0.4) is 0 Å². The van der Waals surface area contributed by atoms with E-state index in [9.17, 15) is 22.8 Å². The number of aromatic nitrogens is 2. The largest absolute Gasteiger partial charge is 0.462 e. The van der Waals surface area contributed by atoms with E-state index < -0.39 is 42.9 Å². The van der Waals surface area contributed by atoms with Gasteiger partial charge >= 0.3 is 5.97 Å². The third-order valence-electron chi connectivity index (χ3n) is 7.81. The first-order chi connectivity index (χ1) is 19.0. The van der Waals surface area contributed by atoms with Gasteiger partial charge in [0.15, 0.2) is 20.0 Å². The second-order valence-electron chi connectivity index (χ2n) is 12.1. The van der Waals surface area contributed by atoms with Crippen LogP contribution in [-0.2, 0) is 15.7 Å². The first kappa shape index (κ1) is 32.3. The third-order valence-corrected chi connectivity index (χ3v) is 12.3. The van der Waals surface area contributed by atoms with Crippen LogP contribution in [0, 0.1) is 30.3 Å². The molecule has 2 heterocycles. The lowest BCUT2D eigenvalue weighted by Gasteiger charge is -2.38. The van der Waals surface area contributed by atoms with Crippen LogP contribution in [-0.4, -0.2) is 37.1 Å². The lowest BCUT2D eigenvalue weighted by molar-refractivity contribution is 0.0523. The van der Waals surface area contributed by atoms with Gasteiger partial charge in [0.25, 0.3) is 0 Å². The fourth-order valence-corrected chi connectivity index (χ4v) is 5.21. The molecule has 1 aromatic carbocycles. The van der Waals surface area contributed by atoms with E-state index >= 15 is 0 Å². The van der Waals surface area contributed by atoms with Crippen molar-refractivity contribution in [1.29, 1.82) is 0 Å². The molecular formula is C30H40F3N3O4Si. The molecule has 3 aromatic rings. The van der Waals surface area contributed by atoms with E-state index in [1.165, 1.54) is 6.20 Å². The van der Waals surface area contributed by atoms with Crippen molar-refractivity contribution in [1.82, 2.24) is 9.55 Å². The van der Waals surface area contributed by atoms with E-state index in [-0.39, 0.29) is 41.1 Å². The Labute approximate surface area is 240 Å². The smallest absolute Gasteiger partial charge is 0.343 e. The van der Waals surface area contributed by atoms with Crippen molar-refractivity contribution in [2.24, 2.45) is 5.92 Å². The number of pyridine rings is 2. The van der Waals surface area contributed by atoms with Gasteiger partial charge in [-0.1, -0.05) is 34.6 Å². The summed E-state index contributed by atoms with van der Waals surface area (Å²) in [6.45, 7) is 18.6. The molecule has 0 aliphatic heterocycles. The summed E-state index contributed by atoms with van der Waals surface area (Å²) in [6, 6.07) is 2.47. The quantitative estimate of drug-likeness (QED) is 0.200. The van der Waals surface area contributed by atoms with Crippen LogP contribution in [0.5, 0.6) is 0 Å². The van der Waals surface area contributed by atoms with Crippen LogP contribution in [0.25, 0.3) is 11.0 Å². The Kier molecular flexibility index (Phi) is 9.75. The molecule has 0 spiro atoms. The predicted molar refractivity (Wildman–Crippen MR) is 157 cm³/mol. The zero-order chi connectivity index (χ0) is 30.9. The highest BCUT2D eigenvalue weighted by molar-refractivity contribution is 6.74.